The van der Waals surface area contributed by atoms with Crippen LogP contribution in [0.3, 0.4) is 0 Å². The van der Waals surface area contributed by atoms with Crippen LogP contribution >= 0.6 is 34.9 Å². The molecule has 0 aromatic carbocycles. The highest BCUT2D eigenvalue weighted by molar-refractivity contribution is 7.98. The molecule has 1 unspecified atom stereocenters. The summed E-state index contributed by atoms with van der Waals surface area (Å²) in [4.78, 5) is 32.6. The van der Waals surface area contributed by atoms with E-state index in [1.165, 1.54) is 10.5 Å². The minimum Gasteiger partial charge on any atom is -0.390 e. The molecule has 0 saturated carbocycles. The molecule has 5 N–H and O–H groups in total. The van der Waals surface area contributed by atoms with Crippen molar-refractivity contribution >= 4 is 67.7 Å². The van der Waals surface area contributed by atoms with Gasteiger partial charge in [0.05, 0.1) is 30.4 Å². The molecule has 5 heterocycles. The van der Waals surface area contributed by atoms with Crippen LogP contribution in [0.1, 0.15) is 19.5 Å². The Labute approximate surface area is 286 Å². The summed E-state index contributed by atoms with van der Waals surface area (Å²) in [6.07, 6.45) is 13.5. The first kappa shape index (κ1) is 35.0. The molecular weight excluding hydrogens is 681 g/mol. The number of thiazole rings is 1. The van der Waals surface area contributed by atoms with E-state index >= 15 is 0 Å². The summed E-state index contributed by atoms with van der Waals surface area (Å²) in [6, 6.07) is 0. The van der Waals surface area contributed by atoms with Gasteiger partial charge in [0.1, 0.15) is 5.82 Å². The molecule has 4 aromatic rings. The van der Waals surface area contributed by atoms with Crippen LogP contribution in [0.15, 0.2) is 57.4 Å². The van der Waals surface area contributed by atoms with E-state index in [1.54, 1.807) is 48.3 Å². The Balaban J connectivity index is 0.965. The number of aliphatic hydroxyl groups is 1. The number of hydrogen-bond donors (Lipinski definition) is 5. The predicted octanol–water partition coefficient (Wildman–Crippen LogP) is 3.21. The summed E-state index contributed by atoms with van der Waals surface area (Å²) >= 11 is 4.28. The normalized spacial score (nSPS) is 15.1. The quantitative estimate of drug-likeness (QED) is 0.0940. The molecule has 4 aromatic heterocycles. The molecule has 0 spiro atoms. The van der Waals surface area contributed by atoms with Crippen molar-refractivity contribution in [2.75, 3.05) is 66.8 Å². The molecule has 1 fully saturated rings. The SMILES string of the molecule is CSc1cnc(NCC(C)CNc2cnc(CSc3cnc(NC[C@H](C)CNc4ncc(S(=O)(=O)N5CC(O)C5)s4)nc3)cn2)nc1. The molecular formula is C28H38N12O3S4. The van der Waals surface area contributed by atoms with E-state index in [9.17, 15) is 13.5 Å². The van der Waals surface area contributed by atoms with Gasteiger partial charge in [0, 0.05) is 79.6 Å². The van der Waals surface area contributed by atoms with Gasteiger partial charge in [-0.1, -0.05) is 25.2 Å². The lowest BCUT2D eigenvalue weighted by Gasteiger charge is -2.33. The van der Waals surface area contributed by atoms with Gasteiger partial charge in [-0.25, -0.2) is 38.3 Å². The van der Waals surface area contributed by atoms with Crippen molar-refractivity contribution in [3.63, 3.8) is 0 Å². The number of nitrogens with zero attached hydrogens (tertiary/aromatic N) is 8. The number of nitrogens with one attached hydrogen (secondary N) is 4. The summed E-state index contributed by atoms with van der Waals surface area (Å²) < 4.78 is 26.5. The van der Waals surface area contributed by atoms with Gasteiger partial charge in [-0.3, -0.25) is 4.98 Å². The molecule has 1 aliphatic rings. The highest BCUT2D eigenvalue weighted by Gasteiger charge is 2.36. The number of aromatic nitrogens is 7. The average molecular weight is 719 g/mol. The van der Waals surface area contributed by atoms with Crippen molar-refractivity contribution in [1.82, 2.24) is 39.2 Å². The second-order valence-corrected chi connectivity index (χ2v) is 16.2. The van der Waals surface area contributed by atoms with Gasteiger partial charge in [-0.05, 0) is 18.1 Å². The zero-order valence-electron chi connectivity index (χ0n) is 26.2. The van der Waals surface area contributed by atoms with Crippen molar-refractivity contribution in [2.24, 2.45) is 11.8 Å². The third-order valence-corrected chi connectivity index (χ3v) is 11.8. The van der Waals surface area contributed by atoms with E-state index < -0.39 is 16.1 Å². The fraction of sp³-hybridized carbons (Fsp3) is 0.464. The van der Waals surface area contributed by atoms with Gasteiger partial charge in [-0.2, -0.15) is 4.31 Å². The molecule has 1 saturated heterocycles. The number of β-amino-alcohol motifs (C(OH)–C–C–N with tert-alkyl or cyclic N) is 1. The van der Waals surface area contributed by atoms with Crippen LogP contribution in [-0.4, -0.2) is 104 Å². The number of sulfonamides is 1. The Morgan fingerprint density at radius 3 is 1.98 bits per heavy atom. The largest absolute Gasteiger partial charge is 0.390 e. The van der Waals surface area contributed by atoms with E-state index in [-0.39, 0.29) is 23.2 Å². The fourth-order valence-corrected chi connectivity index (χ4v) is 7.83. The molecule has 2 atom stereocenters. The first-order valence-electron chi connectivity index (χ1n) is 14.9. The molecule has 0 radical (unpaired) electrons. The van der Waals surface area contributed by atoms with Crippen LogP contribution in [0.4, 0.5) is 22.8 Å². The van der Waals surface area contributed by atoms with Crippen molar-refractivity contribution in [3.05, 3.63) is 49.1 Å². The van der Waals surface area contributed by atoms with Crippen LogP contribution in [0, 0.1) is 11.8 Å². The molecule has 5 rings (SSSR count). The van der Waals surface area contributed by atoms with Gasteiger partial charge in [0.15, 0.2) is 9.34 Å². The van der Waals surface area contributed by atoms with E-state index in [4.69, 9.17) is 0 Å². The molecule has 252 valence electrons. The van der Waals surface area contributed by atoms with Crippen LogP contribution in [-0.2, 0) is 15.8 Å². The summed E-state index contributed by atoms with van der Waals surface area (Å²) in [5.41, 5.74) is 0.855. The van der Waals surface area contributed by atoms with Crippen LogP contribution in [0.2, 0.25) is 0 Å². The maximum atomic E-state index is 12.5. The second kappa shape index (κ2) is 16.6. The van der Waals surface area contributed by atoms with Crippen molar-refractivity contribution < 1.29 is 13.5 Å². The lowest BCUT2D eigenvalue weighted by molar-refractivity contribution is 0.0549. The highest BCUT2D eigenvalue weighted by atomic mass is 32.2. The lowest BCUT2D eigenvalue weighted by Crippen LogP contribution is -2.53. The Bertz CT molecular complexity index is 1660. The van der Waals surface area contributed by atoms with Gasteiger partial charge in [0.25, 0.3) is 10.0 Å². The third kappa shape index (κ3) is 10.3. The topological polar surface area (TPSA) is 196 Å². The number of rotatable bonds is 18. The first-order chi connectivity index (χ1) is 22.7. The van der Waals surface area contributed by atoms with Crippen molar-refractivity contribution in [1.29, 1.82) is 0 Å². The van der Waals surface area contributed by atoms with Crippen LogP contribution in [0.25, 0.3) is 0 Å². The van der Waals surface area contributed by atoms with Gasteiger partial charge in [-0.15, -0.1) is 23.5 Å². The van der Waals surface area contributed by atoms with E-state index in [0.717, 1.165) is 45.7 Å². The maximum absolute atomic E-state index is 12.5. The predicted molar refractivity (Wildman–Crippen MR) is 187 cm³/mol. The Morgan fingerprint density at radius 1 is 0.809 bits per heavy atom. The van der Waals surface area contributed by atoms with Gasteiger partial charge < -0.3 is 26.4 Å². The number of aliphatic hydroxyl groups excluding tert-OH is 1. The highest BCUT2D eigenvalue weighted by Crippen LogP contribution is 2.28. The lowest BCUT2D eigenvalue weighted by atomic mass is 10.2. The van der Waals surface area contributed by atoms with Gasteiger partial charge in [0.2, 0.25) is 11.9 Å². The van der Waals surface area contributed by atoms with Crippen LogP contribution < -0.4 is 21.3 Å². The Hall–Kier alpha value is -3.36. The Morgan fingerprint density at radius 2 is 1.40 bits per heavy atom. The van der Waals surface area contributed by atoms with Gasteiger partial charge >= 0.3 is 0 Å². The zero-order valence-corrected chi connectivity index (χ0v) is 29.5. The zero-order chi connectivity index (χ0) is 33.2. The minimum atomic E-state index is -3.60. The van der Waals surface area contributed by atoms with E-state index in [2.05, 4.69) is 70.0 Å². The molecule has 47 heavy (non-hydrogen) atoms. The maximum Gasteiger partial charge on any atom is 0.254 e. The molecule has 15 nitrogen and oxygen atoms in total. The molecule has 0 amide bonds. The number of anilines is 4. The van der Waals surface area contributed by atoms with E-state index in [1.807, 2.05) is 18.6 Å². The Kier molecular flexibility index (Phi) is 12.4. The van der Waals surface area contributed by atoms with Crippen LogP contribution in [0.5, 0.6) is 0 Å². The number of hydrogen-bond acceptors (Lipinski definition) is 17. The minimum absolute atomic E-state index is 0.125. The molecule has 0 aliphatic carbocycles. The van der Waals surface area contributed by atoms with Crippen molar-refractivity contribution in [3.8, 4) is 0 Å². The summed E-state index contributed by atoms with van der Waals surface area (Å²) in [5.74, 6) is 3.03. The second-order valence-electron chi connectivity index (χ2n) is 11.1. The molecule has 1 aliphatic heterocycles. The summed E-state index contributed by atoms with van der Waals surface area (Å²) in [6.45, 7) is 7.11. The molecule has 0 bridgehead atoms. The monoisotopic (exact) mass is 718 g/mol. The van der Waals surface area contributed by atoms with Crippen molar-refractivity contribution in [2.45, 2.75) is 39.7 Å². The average Bonchev–Trinajstić information content (AvgIpc) is 3.57. The fourth-order valence-electron chi connectivity index (χ4n) is 4.09. The summed E-state index contributed by atoms with van der Waals surface area (Å²) in [7, 11) is -3.60. The first-order valence-corrected chi connectivity index (χ1v) is 19.4. The smallest absolute Gasteiger partial charge is 0.254 e. The summed E-state index contributed by atoms with van der Waals surface area (Å²) in [5, 5.41) is 23.0. The van der Waals surface area contributed by atoms with E-state index in [0.29, 0.717) is 41.8 Å². The molecule has 19 heteroatoms. The third-order valence-electron chi connectivity index (χ3n) is 6.94. The number of thioether (sulfide) groups is 2. The standard InChI is InChI=1S/C28H38N12O3S4/c1-18(5-32-26-34-9-22(44-3)10-35-26)4-30-24-13-29-20(8-31-24)17-45-23-11-36-27(37-12-23)33-6-19(2)7-38-28-39-14-25(46-28)47(42,43)40-15-21(41)16-40/h8-14,18-19,21,41H,4-7,15-17H2,1-3H3,(H,30,31)(H,38,39)(H,32,34,35)(H,33,36,37)/t18?,19-/m0/s1.